The highest BCUT2D eigenvalue weighted by Gasteiger charge is 2.27. The van der Waals surface area contributed by atoms with Gasteiger partial charge in [0.2, 0.25) is 0 Å². The molecule has 4 rings (SSSR count). The fourth-order valence-corrected chi connectivity index (χ4v) is 3.96. The van der Waals surface area contributed by atoms with Crippen molar-refractivity contribution in [1.29, 1.82) is 0 Å². The Kier molecular flexibility index (Phi) is 5.44. The second kappa shape index (κ2) is 8.15. The van der Waals surface area contributed by atoms with Gasteiger partial charge in [-0.15, -0.1) is 0 Å². The molecule has 1 atom stereocenters. The molecule has 1 saturated heterocycles. The molecule has 0 aliphatic carbocycles. The maximum atomic E-state index is 12.8. The van der Waals surface area contributed by atoms with E-state index in [1.54, 1.807) is 16.9 Å². The molecule has 0 N–H and O–H groups in total. The Hall–Kier alpha value is -2.66. The van der Waals surface area contributed by atoms with Gasteiger partial charge in [0.1, 0.15) is 5.69 Å². The van der Waals surface area contributed by atoms with Gasteiger partial charge in [-0.3, -0.25) is 14.5 Å². The molecule has 144 valence electrons. The van der Waals surface area contributed by atoms with Gasteiger partial charge in [-0.25, -0.2) is 0 Å². The normalized spacial score (nSPS) is 16.9. The minimum atomic E-state index is -0.00229. The van der Waals surface area contributed by atoms with Gasteiger partial charge in [0.05, 0.1) is 0 Å². The van der Waals surface area contributed by atoms with Crippen LogP contribution in [0.1, 0.15) is 46.2 Å². The predicted octanol–water partition coefficient (Wildman–Crippen LogP) is 4.08. The van der Waals surface area contributed by atoms with Crippen LogP contribution < -0.4 is 0 Å². The van der Waals surface area contributed by atoms with E-state index >= 15 is 0 Å². The highest BCUT2D eigenvalue weighted by molar-refractivity contribution is 6.31. The fourth-order valence-electron chi connectivity index (χ4n) is 3.75. The maximum absolute atomic E-state index is 12.8. The highest BCUT2D eigenvalue weighted by Crippen LogP contribution is 2.27. The summed E-state index contributed by atoms with van der Waals surface area (Å²) in [5.41, 5.74) is 3.62. The van der Waals surface area contributed by atoms with E-state index in [-0.39, 0.29) is 11.8 Å². The molecule has 5 nitrogen and oxygen atoms in total. The van der Waals surface area contributed by atoms with E-state index in [1.807, 2.05) is 48.3 Å². The Balaban J connectivity index is 1.49. The molecule has 6 heteroatoms. The van der Waals surface area contributed by atoms with Gasteiger partial charge in [-0.05, 0) is 42.7 Å². The molecule has 1 amide bonds. The third-order valence-electron chi connectivity index (χ3n) is 5.22. The predicted molar refractivity (Wildman–Crippen MR) is 110 cm³/mol. The number of benzene rings is 1. The molecule has 2 aromatic heterocycles. The number of amides is 1. The lowest BCUT2D eigenvalue weighted by Gasteiger charge is -2.32. The largest absolute Gasteiger partial charge is 0.337 e. The Bertz CT molecular complexity index is 984. The smallest absolute Gasteiger partial charge is 0.274 e. The number of hydrogen-bond acceptors (Lipinski definition) is 3. The number of aryl methyl sites for hydroxylation is 1. The summed E-state index contributed by atoms with van der Waals surface area (Å²) in [6.07, 6.45) is 4.51. The molecule has 0 unspecified atom stereocenters. The van der Waals surface area contributed by atoms with E-state index in [9.17, 15) is 4.79 Å². The van der Waals surface area contributed by atoms with Crippen LogP contribution in [0.5, 0.6) is 0 Å². The Morgan fingerprint density at radius 2 is 2.04 bits per heavy atom. The van der Waals surface area contributed by atoms with E-state index in [4.69, 9.17) is 16.6 Å². The van der Waals surface area contributed by atoms with Gasteiger partial charge < -0.3 is 4.90 Å². The summed E-state index contributed by atoms with van der Waals surface area (Å²) in [6.45, 7) is 1.45. The minimum Gasteiger partial charge on any atom is -0.337 e. The van der Waals surface area contributed by atoms with E-state index in [1.165, 1.54) is 0 Å². The van der Waals surface area contributed by atoms with Crippen molar-refractivity contribution >= 4 is 17.5 Å². The number of nitrogens with zero attached hydrogens (tertiary/aromatic N) is 4. The van der Waals surface area contributed by atoms with Crippen LogP contribution in [0.3, 0.4) is 0 Å². The first kappa shape index (κ1) is 18.7. The van der Waals surface area contributed by atoms with E-state index in [0.717, 1.165) is 41.4 Å². The molecule has 3 heterocycles. The highest BCUT2D eigenvalue weighted by atomic mass is 35.5. The molecule has 3 aromatic rings. The van der Waals surface area contributed by atoms with Gasteiger partial charge in [0.25, 0.3) is 5.91 Å². The zero-order valence-electron chi connectivity index (χ0n) is 15.9. The number of hydrogen-bond donors (Lipinski definition) is 0. The van der Waals surface area contributed by atoms with Gasteiger partial charge in [-0.2, -0.15) is 5.10 Å². The molecule has 1 aromatic carbocycles. The average Bonchev–Trinajstić information content (AvgIpc) is 3.16. The number of rotatable bonds is 4. The summed E-state index contributed by atoms with van der Waals surface area (Å²) in [5, 5.41) is 5.01. The number of pyridine rings is 1. The molecule has 0 spiro atoms. The second-order valence-corrected chi connectivity index (χ2v) is 7.69. The molecule has 1 fully saturated rings. The van der Waals surface area contributed by atoms with Crippen molar-refractivity contribution in [3.05, 3.63) is 82.4 Å². The minimum absolute atomic E-state index is 0.00229. The van der Waals surface area contributed by atoms with Crippen LogP contribution in [0.4, 0.5) is 0 Å². The first-order valence-corrected chi connectivity index (χ1v) is 9.96. The van der Waals surface area contributed by atoms with Crippen molar-refractivity contribution < 1.29 is 4.79 Å². The van der Waals surface area contributed by atoms with Crippen LogP contribution in [-0.4, -0.2) is 38.7 Å². The van der Waals surface area contributed by atoms with E-state index in [0.29, 0.717) is 18.7 Å². The van der Waals surface area contributed by atoms with E-state index in [2.05, 4.69) is 11.2 Å². The van der Waals surface area contributed by atoms with Crippen LogP contribution >= 0.6 is 11.6 Å². The molecule has 1 aliphatic heterocycles. The number of halogens is 1. The molecule has 28 heavy (non-hydrogen) atoms. The summed E-state index contributed by atoms with van der Waals surface area (Å²) >= 11 is 6.30. The van der Waals surface area contributed by atoms with Gasteiger partial charge >= 0.3 is 0 Å². The number of likely N-dealkylation sites (tertiary alicyclic amines) is 1. The van der Waals surface area contributed by atoms with Crippen molar-refractivity contribution in [2.75, 3.05) is 13.1 Å². The number of carbonyl (C=O) groups excluding carboxylic acids is 1. The number of carbonyl (C=O) groups is 1. The zero-order valence-corrected chi connectivity index (χ0v) is 16.6. The molecular formula is C22H23ClN4O. The maximum Gasteiger partial charge on any atom is 0.274 e. The van der Waals surface area contributed by atoms with Crippen molar-refractivity contribution in [2.45, 2.75) is 25.2 Å². The summed E-state index contributed by atoms with van der Waals surface area (Å²) in [5.74, 6) is 0.241. The van der Waals surface area contributed by atoms with Gasteiger partial charge in [0, 0.05) is 55.1 Å². The Morgan fingerprint density at radius 3 is 2.82 bits per heavy atom. The summed E-state index contributed by atoms with van der Waals surface area (Å²) < 4.78 is 1.66. The van der Waals surface area contributed by atoms with Crippen LogP contribution in [0.2, 0.25) is 5.02 Å². The lowest BCUT2D eigenvalue weighted by molar-refractivity contribution is 0.0699. The van der Waals surface area contributed by atoms with Crippen LogP contribution in [-0.2, 0) is 13.5 Å². The van der Waals surface area contributed by atoms with Gasteiger partial charge in [0.15, 0.2) is 0 Å². The second-order valence-electron chi connectivity index (χ2n) is 7.29. The van der Waals surface area contributed by atoms with Crippen LogP contribution in [0.15, 0.2) is 54.7 Å². The topological polar surface area (TPSA) is 51.0 Å². The monoisotopic (exact) mass is 394 g/mol. The van der Waals surface area contributed by atoms with Crippen LogP contribution in [0.25, 0.3) is 0 Å². The van der Waals surface area contributed by atoms with Crippen LogP contribution in [0, 0.1) is 0 Å². The molecule has 0 bridgehead atoms. The Morgan fingerprint density at radius 1 is 1.18 bits per heavy atom. The molecule has 1 aliphatic rings. The lowest BCUT2D eigenvalue weighted by atomic mass is 9.93. The van der Waals surface area contributed by atoms with Gasteiger partial charge in [-0.1, -0.05) is 35.9 Å². The molecule has 0 radical (unpaired) electrons. The standard InChI is InChI=1S/C22H23ClN4O/c1-26-13-11-21(25-26)22(28)27-12-5-7-17(15-27)20-10-4-8-18(24-20)14-16-6-2-3-9-19(16)23/h2-4,6,8-11,13,17H,5,7,12,14-15H2,1H3/t17-/m1/s1. The van der Waals surface area contributed by atoms with Crippen molar-refractivity contribution in [3.63, 3.8) is 0 Å². The van der Waals surface area contributed by atoms with Crippen molar-refractivity contribution in [3.8, 4) is 0 Å². The SMILES string of the molecule is Cn1ccc(C(=O)N2CCC[C@@H](c3cccc(Cc4ccccc4Cl)n3)C2)n1. The third-order valence-corrected chi connectivity index (χ3v) is 5.59. The zero-order chi connectivity index (χ0) is 19.5. The summed E-state index contributed by atoms with van der Waals surface area (Å²) in [4.78, 5) is 19.5. The summed E-state index contributed by atoms with van der Waals surface area (Å²) in [6, 6.07) is 15.8. The fraction of sp³-hybridized carbons (Fsp3) is 0.318. The molecular weight excluding hydrogens is 372 g/mol. The first-order valence-electron chi connectivity index (χ1n) is 9.58. The summed E-state index contributed by atoms with van der Waals surface area (Å²) in [7, 11) is 1.82. The lowest BCUT2D eigenvalue weighted by Crippen LogP contribution is -2.39. The van der Waals surface area contributed by atoms with E-state index < -0.39 is 0 Å². The average molecular weight is 395 g/mol. The quantitative estimate of drug-likeness (QED) is 0.670. The van der Waals surface area contributed by atoms with Crippen molar-refractivity contribution in [1.82, 2.24) is 19.7 Å². The Labute approximate surface area is 170 Å². The van der Waals surface area contributed by atoms with Crippen molar-refractivity contribution in [2.24, 2.45) is 7.05 Å². The first-order chi connectivity index (χ1) is 13.6. The third kappa shape index (κ3) is 4.09. The number of piperidine rings is 1. The molecule has 0 saturated carbocycles. The number of aromatic nitrogens is 3.